The number of aliphatic carboxylic acids is 1. The maximum atomic E-state index is 11.3. The lowest BCUT2D eigenvalue weighted by Crippen LogP contribution is -2.53. The second-order valence-corrected chi connectivity index (χ2v) is 3.55. The van der Waals surface area contributed by atoms with Crippen LogP contribution in [0.4, 0.5) is 0 Å². The average molecular weight is 169 g/mol. The van der Waals surface area contributed by atoms with Crippen molar-refractivity contribution in [3.8, 4) is 0 Å². The number of carbonyl (C=O) groups excluding carboxylic acids is 1. The number of likely N-dealkylation sites (tertiary alicyclic amines) is 1. The molecule has 0 unspecified atom stereocenters. The number of hydrogen-bond donors (Lipinski definition) is 1. The van der Waals surface area contributed by atoms with Gasteiger partial charge in [0.25, 0.3) is 0 Å². The third-order valence-corrected chi connectivity index (χ3v) is 2.47. The molecule has 1 amide bonds. The summed E-state index contributed by atoms with van der Waals surface area (Å²) in [5, 5.41) is 8.55. The molecule has 0 aromatic heterocycles. The van der Waals surface area contributed by atoms with E-state index >= 15 is 0 Å². The van der Waals surface area contributed by atoms with E-state index in [0.29, 0.717) is 13.1 Å². The van der Waals surface area contributed by atoms with Crippen LogP contribution < -0.4 is 0 Å². The van der Waals surface area contributed by atoms with E-state index in [4.69, 9.17) is 5.11 Å². The van der Waals surface area contributed by atoms with E-state index in [1.165, 1.54) is 0 Å². The van der Waals surface area contributed by atoms with Gasteiger partial charge in [-0.3, -0.25) is 9.59 Å². The van der Waals surface area contributed by atoms with Crippen LogP contribution in [0.1, 0.15) is 12.8 Å². The average Bonchev–Trinajstić information content (AvgIpc) is 2.62. The Morgan fingerprint density at radius 3 is 2.17 bits per heavy atom. The zero-order valence-corrected chi connectivity index (χ0v) is 6.69. The van der Waals surface area contributed by atoms with E-state index in [0.717, 1.165) is 12.8 Å². The summed E-state index contributed by atoms with van der Waals surface area (Å²) in [6.07, 6.45) is 1.99. The molecule has 66 valence electrons. The Kier molecular flexibility index (Phi) is 1.56. The molecule has 1 saturated carbocycles. The van der Waals surface area contributed by atoms with E-state index in [1.54, 1.807) is 4.90 Å². The van der Waals surface area contributed by atoms with Crippen molar-refractivity contribution in [1.82, 2.24) is 4.90 Å². The first-order valence-corrected chi connectivity index (χ1v) is 4.20. The van der Waals surface area contributed by atoms with Crippen LogP contribution in [0.5, 0.6) is 0 Å². The van der Waals surface area contributed by atoms with Crippen molar-refractivity contribution in [2.75, 3.05) is 13.1 Å². The molecule has 0 bridgehead atoms. The smallest absolute Gasteiger partial charge is 0.310 e. The van der Waals surface area contributed by atoms with E-state index in [9.17, 15) is 9.59 Å². The third kappa shape index (κ3) is 1.17. The minimum absolute atomic E-state index is 0.160. The Bertz CT molecular complexity index is 228. The van der Waals surface area contributed by atoms with E-state index in [2.05, 4.69) is 0 Å². The number of carbonyl (C=O) groups is 2. The summed E-state index contributed by atoms with van der Waals surface area (Å²) in [4.78, 5) is 23.3. The highest BCUT2D eigenvalue weighted by atomic mass is 16.4. The SMILES string of the molecule is O=C(O)C1CN(C(=O)C2CC2)C1. The quantitative estimate of drug-likeness (QED) is 0.630. The lowest BCUT2D eigenvalue weighted by atomic mass is 10.00. The van der Waals surface area contributed by atoms with Gasteiger partial charge in [-0.15, -0.1) is 0 Å². The first kappa shape index (κ1) is 7.58. The normalized spacial score (nSPS) is 23.5. The number of hydrogen-bond acceptors (Lipinski definition) is 2. The highest BCUT2D eigenvalue weighted by Crippen LogP contribution is 2.33. The van der Waals surface area contributed by atoms with Crippen LogP contribution in [0.15, 0.2) is 0 Å². The van der Waals surface area contributed by atoms with Gasteiger partial charge >= 0.3 is 5.97 Å². The van der Waals surface area contributed by atoms with Gasteiger partial charge in [0.1, 0.15) is 0 Å². The Labute approximate surface area is 70.2 Å². The van der Waals surface area contributed by atoms with Crippen molar-refractivity contribution in [2.45, 2.75) is 12.8 Å². The van der Waals surface area contributed by atoms with Gasteiger partial charge in [0.05, 0.1) is 5.92 Å². The van der Waals surface area contributed by atoms with Crippen LogP contribution in [0.25, 0.3) is 0 Å². The van der Waals surface area contributed by atoms with Gasteiger partial charge in [-0.25, -0.2) is 0 Å². The van der Waals surface area contributed by atoms with Crippen molar-refractivity contribution in [3.05, 3.63) is 0 Å². The molecule has 1 aliphatic carbocycles. The van der Waals surface area contributed by atoms with Gasteiger partial charge < -0.3 is 10.0 Å². The van der Waals surface area contributed by atoms with Gasteiger partial charge in [0.2, 0.25) is 5.91 Å². The summed E-state index contributed by atoms with van der Waals surface area (Å²) in [7, 11) is 0. The number of carboxylic acids is 1. The Morgan fingerprint density at radius 1 is 1.17 bits per heavy atom. The summed E-state index contributed by atoms with van der Waals surface area (Å²) in [6.45, 7) is 0.843. The van der Waals surface area contributed by atoms with Gasteiger partial charge in [-0.1, -0.05) is 0 Å². The van der Waals surface area contributed by atoms with E-state index < -0.39 is 5.97 Å². The fourth-order valence-electron chi connectivity index (χ4n) is 1.40. The summed E-state index contributed by atoms with van der Waals surface area (Å²) in [5.74, 6) is -0.713. The topological polar surface area (TPSA) is 57.6 Å². The van der Waals surface area contributed by atoms with Crippen molar-refractivity contribution < 1.29 is 14.7 Å². The molecule has 1 heterocycles. The molecule has 0 atom stereocenters. The third-order valence-electron chi connectivity index (χ3n) is 2.47. The summed E-state index contributed by atoms with van der Waals surface area (Å²) in [6, 6.07) is 0. The monoisotopic (exact) mass is 169 g/mol. The molecular formula is C8H11NO3. The standard InChI is InChI=1S/C8H11NO3/c10-7(5-1-2-5)9-3-6(4-9)8(11)12/h5-6H,1-4H2,(H,11,12). The zero-order chi connectivity index (χ0) is 8.72. The van der Waals surface area contributed by atoms with Crippen LogP contribution in [0.2, 0.25) is 0 Å². The van der Waals surface area contributed by atoms with Crippen LogP contribution in [0, 0.1) is 11.8 Å². The Morgan fingerprint density at radius 2 is 1.75 bits per heavy atom. The highest BCUT2D eigenvalue weighted by molar-refractivity contribution is 5.84. The minimum atomic E-state index is -0.783. The van der Waals surface area contributed by atoms with Crippen LogP contribution in [-0.2, 0) is 9.59 Å². The first-order valence-electron chi connectivity index (χ1n) is 4.20. The molecule has 4 heteroatoms. The number of nitrogens with zero attached hydrogens (tertiary/aromatic N) is 1. The van der Waals surface area contributed by atoms with E-state index in [-0.39, 0.29) is 17.7 Å². The zero-order valence-electron chi connectivity index (χ0n) is 6.69. The molecule has 2 fully saturated rings. The molecule has 2 aliphatic rings. The van der Waals surface area contributed by atoms with Crippen molar-refractivity contribution in [2.24, 2.45) is 11.8 Å². The predicted octanol–water partition coefficient (Wildman–Crippen LogP) is -0.0606. The van der Waals surface area contributed by atoms with Crippen LogP contribution >= 0.6 is 0 Å². The van der Waals surface area contributed by atoms with Crippen molar-refractivity contribution in [3.63, 3.8) is 0 Å². The van der Waals surface area contributed by atoms with Crippen LogP contribution in [0.3, 0.4) is 0 Å². The fourth-order valence-corrected chi connectivity index (χ4v) is 1.40. The minimum Gasteiger partial charge on any atom is -0.481 e. The van der Waals surface area contributed by atoms with Gasteiger partial charge in [0, 0.05) is 19.0 Å². The molecule has 12 heavy (non-hydrogen) atoms. The van der Waals surface area contributed by atoms with E-state index in [1.807, 2.05) is 0 Å². The first-order chi connectivity index (χ1) is 5.68. The second-order valence-electron chi connectivity index (χ2n) is 3.55. The molecular weight excluding hydrogens is 158 g/mol. The van der Waals surface area contributed by atoms with Gasteiger partial charge in [-0.2, -0.15) is 0 Å². The Hall–Kier alpha value is -1.06. The maximum absolute atomic E-state index is 11.3. The lowest BCUT2D eigenvalue weighted by Gasteiger charge is -2.36. The number of amides is 1. The summed E-state index contributed by atoms with van der Waals surface area (Å²) < 4.78 is 0. The summed E-state index contributed by atoms with van der Waals surface area (Å²) >= 11 is 0. The Balaban J connectivity index is 1.80. The molecule has 2 rings (SSSR count). The molecule has 1 aliphatic heterocycles. The van der Waals surface area contributed by atoms with Crippen LogP contribution in [-0.4, -0.2) is 35.0 Å². The second kappa shape index (κ2) is 2.47. The molecule has 0 radical (unpaired) electrons. The lowest BCUT2D eigenvalue weighted by molar-refractivity contribution is -0.153. The predicted molar refractivity (Wildman–Crippen MR) is 40.4 cm³/mol. The van der Waals surface area contributed by atoms with Gasteiger partial charge in [-0.05, 0) is 12.8 Å². The number of carboxylic acid groups (broad SMARTS) is 1. The molecule has 0 spiro atoms. The van der Waals surface area contributed by atoms with Crippen molar-refractivity contribution in [1.29, 1.82) is 0 Å². The number of rotatable bonds is 2. The van der Waals surface area contributed by atoms with Gasteiger partial charge in [0.15, 0.2) is 0 Å². The van der Waals surface area contributed by atoms with Crippen molar-refractivity contribution >= 4 is 11.9 Å². The summed E-state index contributed by atoms with van der Waals surface area (Å²) in [5.41, 5.74) is 0. The molecule has 1 N–H and O–H groups in total. The fraction of sp³-hybridized carbons (Fsp3) is 0.750. The molecule has 0 aromatic carbocycles. The highest BCUT2D eigenvalue weighted by Gasteiger charge is 2.41. The molecule has 1 saturated heterocycles. The molecule has 4 nitrogen and oxygen atoms in total. The maximum Gasteiger partial charge on any atom is 0.310 e. The largest absolute Gasteiger partial charge is 0.481 e. The molecule has 0 aromatic rings.